The van der Waals surface area contributed by atoms with Gasteiger partial charge in [0.2, 0.25) is 0 Å². The van der Waals surface area contributed by atoms with Gasteiger partial charge in [-0.05, 0) is 37.1 Å². The summed E-state index contributed by atoms with van der Waals surface area (Å²) >= 11 is 0. The zero-order chi connectivity index (χ0) is 13.2. The van der Waals surface area contributed by atoms with Gasteiger partial charge in [0.15, 0.2) is 5.78 Å². The van der Waals surface area contributed by atoms with Crippen LogP contribution in [0.1, 0.15) is 28.7 Å². The first-order valence-corrected chi connectivity index (χ1v) is 6.68. The van der Waals surface area contributed by atoms with Gasteiger partial charge in [-0.15, -0.1) is 0 Å². The molecule has 0 unspecified atom stereocenters. The Balaban J connectivity index is 1.81. The summed E-state index contributed by atoms with van der Waals surface area (Å²) in [6.45, 7) is 3.86. The van der Waals surface area contributed by atoms with Gasteiger partial charge < -0.3 is 9.88 Å². The van der Waals surface area contributed by atoms with Crippen molar-refractivity contribution in [3.05, 3.63) is 47.5 Å². The van der Waals surface area contributed by atoms with Gasteiger partial charge in [0.25, 0.3) is 0 Å². The highest BCUT2D eigenvalue weighted by molar-refractivity contribution is 5.97. The van der Waals surface area contributed by atoms with Crippen molar-refractivity contribution < 1.29 is 4.79 Å². The van der Waals surface area contributed by atoms with Gasteiger partial charge in [0, 0.05) is 36.7 Å². The smallest absolute Gasteiger partial charge is 0.170 e. The average molecular weight is 255 g/mol. The summed E-state index contributed by atoms with van der Waals surface area (Å²) in [4.78, 5) is 16.6. The molecule has 4 heteroatoms. The van der Waals surface area contributed by atoms with E-state index >= 15 is 0 Å². The van der Waals surface area contributed by atoms with Crippen molar-refractivity contribution in [3.63, 3.8) is 0 Å². The maximum atomic E-state index is 12.3. The molecule has 0 fully saturated rings. The summed E-state index contributed by atoms with van der Waals surface area (Å²) in [5.74, 6) is 0.974. The van der Waals surface area contributed by atoms with Crippen molar-refractivity contribution in [3.8, 4) is 0 Å². The van der Waals surface area contributed by atoms with Gasteiger partial charge in [-0.25, -0.2) is 4.98 Å². The fraction of sp³-hybridized carbons (Fsp3) is 0.333. The Morgan fingerprint density at radius 1 is 1.47 bits per heavy atom. The van der Waals surface area contributed by atoms with E-state index in [4.69, 9.17) is 0 Å². The van der Waals surface area contributed by atoms with Crippen molar-refractivity contribution in [1.29, 1.82) is 0 Å². The average Bonchev–Trinajstić information content (AvgIpc) is 3.05. The first-order chi connectivity index (χ1) is 9.28. The fourth-order valence-corrected chi connectivity index (χ4v) is 2.52. The second kappa shape index (κ2) is 4.88. The molecule has 0 amide bonds. The molecule has 98 valence electrons. The Kier molecular flexibility index (Phi) is 3.07. The van der Waals surface area contributed by atoms with Crippen LogP contribution in [0.25, 0.3) is 0 Å². The van der Waals surface area contributed by atoms with Gasteiger partial charge in [0.05, 0.1) is 6.42 Å². The van der Waals surface area contributed by atoms with E-state index in [1.807, 2.05) is 29.0 Å². The molecular weight excluding hydrogens is 238 g/mol. The summed E-state index contributed by atoms with van der Waals surface area (Å²) in [7, 11) is 0. The summed E-state index contributed by atoms with van der Waals surface area (Å²) in [6, 6.07) is 5.91. The number of rotatable bonds is 4. The molecule has 3 rings (SSSR count). The van der Waals surface area contributed by atoms with Gasteiger partial charge in [-0.1, -0.05) is 0 Å². The van der Waals surface area contributed by atoms with Crippen LogP contribution in [0.5, 0.6) is 0 Å². The van der Waals surface area contributed by atoms with Crippen molar-refractivity contribution in [1.82, 2.24) is 9.55 Å². The summed E-state index contributed by atoms with van der Waals surface area (Å²) < 4.78 is 2.01. The predicted molar refractivity (Wildman–Crippen MR) is 74.6 cm³/mol. The molecule has 2 aromatic rings. The fourth-order valence-electron chi connectivity index (χ4n) is 2.52. The maximum Gasteiger partial charge on any atom is 0.170 e. The molecule has 0 spiro atoms. The van der Waals surface area contributed by atoms with Crippen LogP contribution in [0, 0.1) is 0 Å². The minimum Gasteiger partial charge on any atom is -0.384 e. The van der Waals surface area contributed by atoms with Crippen molar-refractivity contribution in [2.45, 2.75) is 26.3 Å². The summed E-state index contributed by atoms with van der Waals surface area (Å²) in [5, 5.41) is 3.30. The second-order valence-electron chi connectivity index (χ2n) is 4.78. The first-order valence-electron chi connectivity index (χ1n) is 6.68. The molecule has 19 heavy (non-hydrogen) atoms. The van der Waals surface area contributed by atoms with Crippen molar-refractivity contribution in [2.24, 2.45) is 0 Å². The first kappa shape index (κ1) is 12.0. The van der Waals surface area contributed by atoms with Crippen LogP contribution in [0.4, 0.5) is 5.69 Å². The molecule has 1 aromatic heterocycles. The molecule has 0 saturated heterocycles. The molecular formula is C15H17N3O. The lowest BCUT2D eigenvalue weighted by molar-refractivity contribution is 0.0989. The van der Waals surface area contributed by atoms with Crippen LogP contribution in [0.3, 0.4) is 0 Å². The van der Waals surface area contributed by atoms with Crippen LogP contribution in [0.2, 0.25) is 0 Å². The number of nitrogens with one attached hydrogen (secondary N) is 1. The molecule has 1 aliphatic heterocycles. The topological polar surface area (TPSA) is 46.9 Å². The highest BCUT2D eigenvalue weighted by Crippen LogP contribution is 2.23. The highest BCUT2D eigenvalue weighted by Gasteiger charge is 2.15. The number of aromatic nitrogens is 2. The number of benzene rings is 1. The zero-order valence-electron chi connectivity index (χ0n) is 11.0. The van der Waals surface area contributed by atoms with Gasteiger partial charge >= 0.3 is 0 Å². The monoisotopic (exact) mass is 255 g/mol. The van der Waals surface area contributed by atoms with Crippen LogP contribution in [-0.2, 0) is 19.4 Å². The van der Waals surface area contributed by atoms with Crippen LogP contribution in [-0.4, -0.2) is 21.9 Å². The molecule has 4 nitrogen and oxygen atoms in total. The molecule has 0 radical (unpaired) electrons. The Morgan fingerprint density at radius 2 is 2.37 bits per heavy atom. The van der Waals surface area contributed by atoms with E-state index in [0.29, 0.717) is 6.42 Å². The Labute approximate surface area is 112 Å². The van der Waals surface area contributed by atoms with Gasteiger partial charge in [-0.2, -0.15) is 0 Å². The Hall–Kier alpha value is -2.10. The molecule has 0 atom stereocenters. The lowest BCUT2D eigenvalue weighted by Crippen LogP contribution is -2.09. The largest absolute Gasteiger partial charge is 0.384 e. The number of carbonyl (C=O) groups is 1. The lowest BCUT2D eigenvalue weighted by Gasteiger charge is -2.06. The number of anilines is 1. The molecule has 0 bridgehead atoms. The minimum atomic E-state index is 0.135. The van der Waals surface area contributed by atoms with E-state index in [1.165, 1.54) is 5.56 Å². The molecule has 1 aromatic carbocycles. The van der Waals surface area contributed by atoms with Gasteiger partial charge in [0.1, 0.15) is 5.82 Å². The number of imidazole rings is 1. The molecule has 0 aliphatic carbocycles. The Morgan fingerprint density at radius 3 is 3.21 bits per heavy atom. The number of nitrogens with zero attached hydrogens (tertiary/aromatic N) is 2. The Bertz CT molecular complexity index is 616. The van der Waals surface area contributed by atoms with E-state index < -0.39 is 0 Å². The highest BCUT2D eigenvalue weighted by atomic mass is 16.1. The van der Waals surface area contributed by atoms with E-state index in [9.17, 15) is 4.79 Å². The minimum absolute atomic E-state index is 0.135. The summed E-state index contributed by atoms with van der Waals surface area (Å²) in [5.41, 5.74) is 3.18. The molecule has 1 N–H and O–H groups in total. The molecule has 2 heterocycles. The lowest BCUT2D eigenvalue weighted by atomic mass is 10.0. The van der Waals surface area contributed by atoms with Crippen LogP contribution >= 0.6 is 0 Å². The third kappa shape index (κ3) is 2.26. The van der Waals surface area contributed by atoms with Crippen molar-refractivity contribution in [2.75, 3.05) is 11.9 Å². The van der Waals surface area contributed by atoms with E-state index in [0.717, 1.165) is 36.6 Å². The number of carbonyl (C=O) groups excluding carboxylic acids is 1. The molecule has 1 aliphatic rings. The van der Waals surface area contributed by atoms with Crippen LogP contribution < -0.4 is 5.32 Å². The number of fused-ring (bicyclic) bond motifs is 1. The number of Topliss-reactive ketones (excluding diaryl/α,β-unsaturated/α-hetero) is 1. The summed E-state index contributed by atoms with van der Waals surface area (Å²) in [6.07, 6.45) is 5.03. The third-order valence-electron chi connectivity index (χ3n) is 3.60. The number of hydrogen-bond donors (Lipinski definition) is 1. The van der Waals surface area contributed by atoms with Gasteiger partial charge in [-0.3, -0.25) is 4.79 Å². The number of hydrogen-bond acceptors (Lipinski definition) is 3. The second-order valence-corrected chi connectivity index (χ2v) is 4.78. The van der Waals surface area contributed by atoms with E-state index in [2.05, 4.69) is 17.2 Å². The number of aryl methyl sites for hydroxylation is 1. The van der Waals surface area contributed by atoms with Crippen LogP contribution in [0.15, 0.2) is 30.6 Å². The standard InChI is InChI=1S/C15H17N3O/c1-2-18-8-7-17-15(18)10-14(19)12-3-4-13-11(9-12)5-6-16-13/h3-4,7-9,16H,2,5-6,10H2,1H3. The SMILES string of the molecule is CCn1ccnc1CC(=O)c1ccc2c(c1)CCN2. The van der Waals surface area contributed by atoms with E-state index in [-0.39, 0.29) is 5.78 Å². The third-order valence-corrected chi connectivity index (χ3v) is 3.60. The molecule has 0 saturated carbocycles. The zero-order valence-corrected chi connectivity index (χ0v) is 11.0. The maximum absolute atomic E-state index is 12.3. The van der Waals surface area contributed by atoms with Crippen molar-refractivity contribution >= 4 is 11.5 Å². The predicted octanol–water partition coefficient (Wildman–Crippen LogP) is 2.30. The normalized spacial score (nSPS) is 13.1. The quantitative estimate of drug-likeness (QED) is 0.853. The number of ketones is 1. The van der Waals surface area contributed by atoms with E-state index in [1.54, 1.807) is 6.20 Å².